The molecule has 0 aliphatic heterocycles. The molecule has 1 aliphatic rings. The summed E-state index contributed by atoms with van der Waals surface area (Å²) in [5.74, 6) is 0.607. The molecular formula is C11H16N2O2. The largest absolute Gasteiger partial charge is 0.461 e. The molecule has 0 unspecified atom stereocenters. The first kappa shape index (κ1) is 10.2. The Morgan fingerprint density at radius 2 is 2.20 bits per heavy atom. The third kappa shape index (κ3) is 1.76. The van der Waals surface area contributed by atoms with Crippen molar-refractivity contribution in [2.45, 2.75) is 39.7 Å². The first-order valence-electron chi connectivity index (χ1n) is 5.37. The van der Waals surface area contributed by atoms with Gasteiger partial charge in [-0.2, -0.15) is 0 Å². The molecule has 0 aromatic carbocycles. The summed E-state index contributed by atoms with van der Waals surface area (Å²) in [4.78, 5) is 15.9. The number of carbonyl (C=O) groups is 1. The number of esters is 1. The molecule has 0 radical (unpaired) electrons. The van der Waals surface area contributed by atoms with Gasteiger partial charge < -0.3 is 9.30 Å². The Morgan fingerprint density at radius 3 is 2.73 bits per heavy atom. The van der Waals surface area contributed by atoms with E-state index in [1.807, 2.05) is 13.8 Å². The number of aryl methyl sites for hydroxylation is 1. The van der Waals surface area contributed by atoms with Gasteiger partial charge >= 0.3 is 5.97 Å². The van der Waals surface area contributed by atoms with Crippen LogP contribution in [0.1, 0.15) is 47.8 Å². The zero-order valence-corrected chi connectivity index (χ0v) is 9.41. The van der Waals surface area contributed by atoms with E-state index < -0.39 is 0 Å². The maximum atomic E-state index is 11.6. The van der Waals surface area contributed by atoms with Crippen LogP contribution < -0.4 is 0 Å². The Kier molecular flexibility index (Phi) is 2.50. The van der Waals surface area contributed by atoms with Gasteiger partial charge in [-0.1, -0.05) is 0 Å². The van der Waals surface area contributed by atoms with Crippen molar-refractivity contribution in [3.8, 4) is 0 Å². The second kappa shape index (κ2) is 3.68. The minimum atomic E-state index is -0.308. The molecule has 1 saturated carbocycles. The fraction of sp³-hybridized carbons (Fsp3) is 0.636. The predicted molar refractivity (Wildman–Crippen MR) is 55.9 cm³/mol. The van der Waals surface area contributed by atoms with E-state index in [0.29, 0.717) is 18.3 Å². The van der Waals surface area contributed by atoms with Crippen LogP contribution in [0.25, 0.3) is 0 Å². The molecule has 82 valence electrons. The van der Waals surface area contributed by atoms with Crippen LogP contribution in [0.15, 0.2) is 0 Å². The first-order valence-corrected chi connectivity index (χ1v) is 5.37. The van der Waals surface area contributed by atoms with Crippen LogP contribution in [0.5, 0.6) is 0 Å². The number of nitrogens with zero attached hydrogens (tertiary/aromatic N) is 2. The molecule has 0 bridgehead atoms. The van der Waals surface area contributed by atoms with Crippen LogP contribution >= 0.6 is 0 Å². The van der Waals surface area contributed by atoms with Crippen molar-refractivity contribution in [2.24, 2.45) is 0 Å². The van der Waals surface area contributed by atoms with Crippen molar-refractivity contribution in [3.05, 3.63) is 17.2 Å². The zero-order chi connectivity index (χ0) is 11.0. The fourth-order valence-electron chi connectivity index (χ4n) is 1.92. The van der Waals surface area contributed by atoms with Crippen LogP contribution in [0.2, 0.25) is 0 Å². The highest BCUT2D eigenvalue weighted by Gasteiger charge is 2.29. The van der Waals surface area contributed by atoms with Gasteiger partial charge in [0.25, 0.3) is 0 Å². The third-order valence-electron chi connectivity index (χ3n) is 2.71. The molecule has 4 heteroatoms. The maximum Gasteiger partial charge on any atom is 0.358 e. The van der Waals surface area contributed by atoms with Gasteiger partial charge in [-0.05, 0) is 33.6 Å². The van der Waals surface area contributed by atoms with E-state index in [1.165, 1.54) is 12.8 Å². The Bertz CT molecular complexity index is 392. The topological polar surface area (TPSA) is 44.1 Å². The second-order valence-electron chi connectivity index (χ2n) is 3.91. The second-order valence-corrected chi connectivity index (χ2v) is 3.91. The fourth-order valence-corrected chi connectivity index (χ4v) is 1.92. The van der Waals surface area contributed by atoms with Gasteiger partial charge in [0.1, 0.15) is 5.82 Å². The van der Waals surface area contributed by atoms with Crippen LogP contribution in [0, 0.1) is 13.8 Å². The highest BCUT2D eigenvalue weighted by Crippen LogP contribution is 2.37. The lowest BCUT2D eigenvalue weighted by molar-refractivity contribution is 0.0519. The van der Waals surface area contributed by atoms with Gasteiger partial charge in [-0.25, -0.2) is 9.78 Å². The van der Waals surface area contributed by atoms with Crippen molar-refractivity contribution in [2.75, 3.05) is 6.61 Å². The van der Waals surface area contributed by atoms with E-state index in [2.05, 4.69) is 9.55 Å². The van der Waals surface area contributed by atoms with E-state index in [0.717, 1.165) is 11.5 Å². The lowest BCUT2D eigenvalue weighted by Crippen LogP contribution is -2.07. The van der Waals surface area contributed by atoms with E-state index in [4.69, 9.17) is 4.74 Å². The van der Waals surface area contributed by atoms with Gasteiger partial charge in [0.05, 0.1) is 6.61 Å². The molecule has 0 saturated heterocycles. The summed E-state index contributed by atoms with van der Waals surface area (Å²) in [5, 5.41) is 0. The van der Waals surface area contributed by atoms with Gasteiger partial charge in [-0.15, -0.1) is 0 Å². The molecule has 0 N–H and O–H groups in total. The summed E-state index contributed by atoms with van der Waals surface area (Å²) in [6.45, 7) is 6.07. The molecular weight excluding hydrogens is 192 g/mol. The Morgan fingerprint density at radius 1 is 1.53 bits per heavy atom. The van der Waals surface area contributed by atoms with Gasteiger partial charge in [-0.3, -0.25) is 0 Å². The average molecular weight is 208 g/mol. The lowest BCUT2D eigenvalue weighted by atomic mass is 10.3. The Labute approximate surface area is 89.3 Å². The molecule has 0 atom stereocenters. The van der Waals surface area contributed by atoms with Crippen LogP contribution in [-0.4, -0.2) is 22.1 Å². The highest BCUT2D eigenvalue weighted by molar-refractivity contribution is 5.88. The monoisotopic (exact) mass is 208 g/mol. The number of carbonyl (C=O) groups excluding carboxylic acids is 1. The normalized spacial score (nSPS) is 15.4. The molecule has 0 spiro atoms. The summed E-state index contributed by atoms with van der Waals surface area (Å²) in [5.41, 5.74) is 1.41. The van der Waals surface area contributed by atoms with E-state index >= 15 is 0 Å². The lowest BCUT2D eigenvalue weighted by Gasteiger charge is -2.04. The first-order chi connectivity index (χ1) is 7.15. The minimum absolute atomic E-state index is 0.308. The summed E-state index contributed by atoms with van der Waals surface area (Å²) in [6, 6.07) is 0.556. The van der Waals surface area contributed by atoms with E-state index in [1.54, 1.807) is 6.92 Å². The number of hydrogen-bond acceptors (Lipinski definition) is 3. The van der Waals surface area contributed by atoms with Crippen molar-refractivity contribution >= 4 is 5.97 Å². The van der Waals surface area contributed by atoms with Crippen molar-refractivity contribution in [3.63, 3.8) is 0 Å². The Balaban J connectivity index is 2.32. The summed E-state index contributed by atoms with van der Waals surface area (Å²) in [7, 11) is 0. The number of ether oxygens (including phenoxy) is 1. The number of rotatable bonds is 3. The number of imidazole rings is 1. The maximum absolute atomic E-state index is 11.6. The molecule has 15 heavy (non-hydrogen) atoms. The molecule has 1 heterocycles. The molecule has 1 aliphatic carbocycles. The summed E-state index contributed by atoms with van der Waals surface area (Å²) < 4.78 is 7.11. The minimum Gasteiger partial charge on any atom is -0.461 e. The van der Waals surface area contributed by atoms with Gasteiger partial charge in [0.2, 0.25) is 0 Å². The predicted octanol–water partition coefficient (Wildman–Crippen LogP) is 2.01. The molecule has 0 amide bonds. The van der Waals surface area contributed by atoms with Gasteiger partial charge in [0.15, 0.2) is 5.69 Å². The standard InChI is InChI=1S/C11H16N2O2/c1-4-15-11(14)10-7(2)13(8(3)12-10)9-5-6-9/h9H,4-6H2,1-3H3. The van der Waals surface area contributed by atoms with E-state index in [-0.39, 0.29) is 5.97 Å². The Hall–Kier alpha value is -1.32. The number of aromatic nitrogens is 2. The van der Waals surface area contributed by atoms with Gasteiger partial charge in [0, 0.05) is 11.7 Å². The molecule has 1 fully saturated rings. The summed E-state index contributed by atoms with van der Waals surface area (Å²) >= 11 is 0. The average Bonchev–Trinajstić information content (AvgIpc) is 2.95. The smallest absolute Gasteiger partial charge is 0.358 e. The molecule has 1 aromatic heterocycles. The number of hydrogen-bond donors (Lipinski definition) is 0. The SMILES string of the molecule is CCOC(=O)c1nc(C)n(C2CC2)c1C. The van der Waals surface area contributed by atoms with Crippen LogP contribution in [-0.2, 0) is 4.74 Å². The third-order valence-corrected chi connectivity index (χ3v) is 2.71. The van der Waals surface area contributed by atoms with E-state index in [9.17, 15) is 4.79 Å². The molecule has 1 aromatic rings. The van der Waals surface area contributed by atoms with Crippen molar-refractivity contribution in [1.29, 1.82) is 0 Å². The van der Waals surface area contributed by atoms with Crippen LogP contribution in [0.4, 0.5) is 0 Å². The van der Waals surface area contributed by atoms with Crippen molar-refractivity contribution in [1.82, 2.24) is 9.55 Å². The quantitative estimate of drug-likeness (QED) is 0.714. The molecule has 4 nitrogen and oxygen atoms in total. The molecule has 2 rings (SSSR count). The highest BCUT2D eigenvalue weighted by atomic mass is 16.5. The zero-order valence-electron chi connectivity index (χ0n) is 9.41. The summed E-state index contributed by atoms with van der Waals surface area (Å²) in [6.07, 6.45) is 2.39. The van der Waals surface area contributed by atoms with Crippen molar-refractivity contribution < 1.29 is 9.53 Å². The van der Waals surface area contributed by atoms with Crippen LogP contribution in [0.3, 0.4) is 0 Å².